The van der Waals surface area contributed by atoms with Gasteiger partial charge in [-0.15, -0.1) is 0 Å². The van der Waals surface area contributed by atoms with Gasteiger partial charge in [-0.1, -0.05) is 40.0 Å². The second-order valence-electron chi connectivity index (χ2n) is 5.28. The first kappa shape index (κ1) is 12.0. The molecule has 0 aromatic heterocycles. The third-order valence-electron chi connectivity index (χ3n) is 3.80. The van der Waals surface area contributed by atoms with Gasteiger partial charge in [0.15, 0.2) is 0 Å². The van der Waals surface area contributed by atoms with Crippen LogP contribution in [0.25, 0.3) is 0 Å². The second-order valence-corrected chi connectivity index (χ2v) is 5.28. The van der Waals surface area contributed by atoms with Gasteiger partial charge in [0.1, 0.15) is 0 Å². The van der Waals surface area contributed by atoms with Crippen LogP contribution >= 0.6 is 0 Å². The monoisotopic (exact) mass is 198 g/mol. The lowest BCUT2D eigenvalue weighted by molar-refractivity contribution is 0.0476. The first-order valence-electron chi connectivity index (χ1n) is 6.33. The zero-order valence-electron chi connectivity index (χ0n) is 10.00. The van der Waals surface area contributed by atoms with Crippen molar-refractivity contribution in [3.05, 3.63) is 0 Å². The molecule has 1 rings (SSSR count). The van der Waals surface area contributed by atoms with E-state index in [1.165, 1.54) is 25.7 Å². The Morgan fingerprint density at radius 3 is 2.57 bits per heavy atom. The number of aliphatic hydroxyl groups excluding tert-OH is 1. The van der Waals surface area contributed by atoms with Crippen LogP contribution in [0, 0.1) is 17.8 Å². The maximum absolute atomic E-state index is 9.68. The summed E-state index contributed by atoms with van der Waals surface area (Å²) < 4.78 is 0. The van der Waals surface area contributed by atoms with Gasteiger partial charge >= 0.3 is 0 Å². The van der Waals surface area contributed by atoms with Gasteiger partial charge in [-0.3, -0.25) is 0 Å². The molecule has 1 N–H and O–H groups in total. The van der Waals surface area contributed by atoms with Crippen LogP contribution in [-0.2, 0) is 0 Å². The summed E-state index contributed by atoms with van der Waals surface area (Å²) in [5.74, 6) is 2.45. The predicted molar refractivity (Wildman–Crippen MR) is 61.2 cm³/mol. The van der Waals surface area contributed by atoms with Crippen molar-refractivity contribution in [3.8, 4) is 0 Å². The van der Waals surface area contributed by atoms with E-state index in [1.807, 2.05) is 0 Å². The summed E-state index contributed by atoms with van der Waals surface area (Å²) in [6.45, 7) is 6.92. The Labute approximate surface area is 88.9 Å². The minimum absolute atomic E-state index is 0.00754. The molecule has 1 aliphatic carbocycles. The molecule has 1 heteroatoms. The van der Waals surface area contributed by atoms with E-state index in [9.17, 15) is 5.11 Å². The molecule has 0 aromatic rings. The lowest BCUT2D eigenvalue weighted by Crippen LogP contribution is -2.30. The van der Waals surface area contributed by atoms with Crippen LogP contribution in [0.2, 0.25) is 0 Å². The van der Waals surface area contributed by atoms with Crippen molar-refractivity contribution in [1.82, 2.24) is 0 Å². The minimum atomic E-state index is -0.00754. The van der Waals surface area contributed by atoms with E-state index >= 15 is 0 Å². The summed E-state index contributed by atoms with van der Waals surface area (Å²) in [4.78, 5) is 0. The van der Waals surface area contributed by atoms with E-state index < -0.39 is 0 Å². The van der Waals surface area contributed by atoms with Gasteiger partial charge in [-0.25, -0.2) is 0 Å². The Kier molecular flexibility index (Phi) is 4.94. The number of hydrogen-bond acceptors (Lipinski definition) is 1. The highest BCUT2D eigenvalue weighted by atomic mass is 16.3. The fourth-order valence-corrected chi connectivity index (χ4v) is 2.94. The Balaban J connectivity index is 2.45. The van der Waals surface area contributed by atoms with Crippen LogP contribution in [0.4, 0.5) is 0 Å². The summed E-state index contributed by atoms with van der Waals surface area (Å²) in [5, 5.41) is 9.68. The molecule has 0 saturated heterocycles. The molecule has 0 aliphatic heterocycles. The zero-order chi connectivity index (χ0) is 10.6. The standard InChI is InChI=1S/C13H26O/c1-4-5-6-11-9-12(14)7-8-13(11)10(2)3/h10-14H,4-9H2,1-3H3. The molecule has 3 atom stereocenters. The van der Waals surface area contributed by atoms with Crippen molar-refractivity contribution >= 4 is 0 Å². The topological polar surface area (TPSA) is 20.2 Å². The van der Waals surface area contributed by atoms with E-state index in [1.54, 1.807) is 0 Å². The normalized spacial score (nSPS) is 33.6. The fraction of sp³-hybridized carbons (Fsp3) is 1.00. The van der Waals surface area contributed by atoms with Gasteiger partial charge in [0.2, 0.25) is 0 Å². The Morgan fingerprint density at radius 1 is 1.29 bits per heavy atom. The van der Waals surface area contributed by atoms with Gasteiger partial charge in [0.25, 0.3) is 0 Å². The quantitative estimate of drug-likeness (QED) is 0.731. The number of hydrogen-bond donors (Lipinski definition) is 1. The number of aliphatic hydroxyl groups is 1. The fourth-order valence-electron chi connectivity index (χ4n) is 2.94. The highest BCUT2D eigenvalue weighted by molar-refractivity contribution is 4.81. The molecule has 0 bridgehead atoms. The Bertz CT molecular complexity index is 153. The highest BCUT2D eigenvalue weighted by Gasteiger charge is 2.30. The summed E-state index contributed by atoms with van der Waals surface area (Å²) in [7, 11) is 0. The second kappa shape index (κ2) is 5.75. The average Bonchev–Trinajstić information content (AvgIpc) is 2.14. The van der Waals surface area contributed by atoms with Crippen LogP contribution < -0.4 is 0 Å². The molecular weight excluding hydrogens is 172 g/mol. The third-order valence-corrected chi connectivity index (χ3v) is 3.80. The molecule has 0 spiro atoms. The molecular formula is C13H26O. The van der Waals surface area contributed by atoms with Crippen LogP contribution in [0.5, 0.6) is 0 Å². The molecule has 1 aliphatic rings. The van der Waals surface area contributed by atoms with E-state index in [2.05, 4.69) is 20.8 Å². The molecule has 0 heterocycles. The van der Waals surface area contributed by atoms with E-state index in [-0.39, 0.29) is 6.10 Å². The first-order valence-corrected chi connectivity index (χ1v) is 6.33. The van der Waals surface area contributed by atoms with Crippen molar-refractivity contribution in [2.75, 3.05) is 0 Å². The largest absolute Gasteiger partial charge is 0.393 e. The zero-order valence-corrected chi connectivity index (χ0v) is 10.00. The SMILES string of the molecule is CCCCC1CC(O)CCC1C(C)C. The smallest absolute Gasteiger partial charge is 0.0543 e. The molecule has 0 amide bonds. The molecule has 1 fully saturated rings. The first-order chi connectivity index (χ1) is 6.65. The van der Waals surface area contributed by atoms with Gasteiger partial charge in [0, 0.05) is 0 Å². The van der Waals surface area contributed by atoms with Gasteiger partial charge in [-0.05, 0) is 37.0 Å². The van der Waals surface area contributed by atoms with Crippen molar-refractivity contribution < 1.29 is 5.11 Å². The maximum atomic E-state index is 9.68. The van der Waals surface area contributed by atoms with Gasteiger partial charge in [0.05, 0.1) is 6.10 Å². The van der Waals surface area contributed by atoms with Crippen molar-refractivity contribution in [2.45, 2.75) is 65.4 Å². The molecule has 1 saturated carbocycles. The number of unbranched alkanes of at least 4 members (excludes halogenated alkanes) is 1. The van der Waals surface area contributed by atoms with E-state index in [0.29, 0.717) is 0 Å². The van der Waals surface area contributed by atoms with Crippen LogP contribution in [0.1, 0.15) is 59.3 Å². The maximum Gasteiger partial charge on any atom is 0.0543 e. The van der Waals surface area contributed by atoms with Crippen LogP contribution in [-0.4, -0.2) is 11.2 Å². The third kappa shape index (κ3) is 3.27. The minimum Gasteiger partial charge on any atom is -0.393 e. The van der Waals surface area contributed by atoms with E-state index in [4.69, 9.17) is 0 Å². The van der Waals surface area contributed by atoms with Gasteiger partial charge < -0.3 is 5.11 Å². The highest BCUT2D eigenvalue weighted by Crippen LogP contribution is 2.37. The predicted octanol–water partition coefficient (Wildman–Crippen LogP) is 3.61. The van der Waals surface area contributed by atoms with E-state index in [0.717, 1.165) is 30.6 Å². The van der Waals surface area contributed by atoms with Crippen molar-refractivity contribution in [3.63, 3.8) is 0 Å². The molecule has 84 valence electrons. The average molecular weight is 198 g/mol. The molecule has 1 nitrogen and oxygen atoms in total. The summed E-state index contributed by atoms with van der Waals surface area (Å²) in [6, 6.07) is 0. The molecule has 3 unspecified atom stereocenters. The summed E-state index contributed by atoms with van der Waals surface area (Å²) in [6.07, 6.45) is 7.28. The summed E-state index contributed by atoms with van der Waals surface area (Å²) in [5.41, 5.74) is 0. The molecule has 0 aromatic carbocycles. The summed E-state index contributed by atoms with van der Waals surface area (Å²) >= 11 is 0. The van der Waals surface area contributed by atoms with Crippen molar-refractivity contribution in [1.29, 1.82) is 0 Å². The Hall–Kier alpha value is -0.0400. The lowest BCUT2D eigenvalue weighted by Gasteiger charge is -2.36. The lowest BCUT2D eigenvalue weighted by atomic mass is 9.71. The number of rotatable bonds is 4. The van der Waals surface area contributed by atoms with Gasteiger partial charge in [-0.2, -0.15) is 0 Å². The molecule has 0 radical (unpaired) electrons. The van der Waals surface area contributed by atoms with Crippen molar-refractivity contribution in [2.24, 2.45) is 17.8 Å². The molecule has 14 heavy (non-hydrogen) atoms. The van der Waals surface area contributed by atoms with Crippen LogP contribution in [0.15, 0.2) is 0 Å². The van der Waals surface area contributed by atoms with Crippen LogP contribution in [0.3, 0.4) is 0 Å². The Morgan fingerprint density at radius 2 is 2.00 bits per heavy atom.